The number of hydrogen-bond donors (Lipinski definition) is 2. The molecular formula is C10H13N2NaO7S. The molecule has 0 bridgehead atoms. The second-order valence-electron chi connectivity index (χ2n) is 3.71. The fourth-order valence-corrected chi connectivity index (χ4v) is 1.56. The van der Waals surface area contributed by atoms with Crippen molar-refractivity contribution in [3.05, 3.63) is 39.9 Å². The number of nitrogens with zero attached hydrogens (tertiary/aromatic N) is 1. The summed E-state index contributed by atoms with van der Waals surface area (Å²) >= 11 is 0. The third kappa shape index (κ3) is 8.63. The summed E-state index contributed by atoms with van der Waals surface area (Å²) in [5, 5.41) is 12.5. The minimum absolute atomic E-state index is 0. The van der Waals surface area contributed by atoms with E-state index in [1.54, 1.807) is 0 Å². The molecule has 1 amide bonds. The Morgan fingerprint density at radius 2 is 1.95 bits per heavy atom. The van der Waals surface area contributed by atoms with E-state index < -0.39 is 26.9 Å². The first kappa shape index (κ1) is 19.8. The van der Waals surface area contributed by atoms with Crippen LogP contribution in [-0.4, -0.2) is 36.3 Å². The number of amides is 1. The van der Waals surface area contributed by atoms with Crippen LogP contribution in [0.4, 0.5) is 10.5 Å². The largest absolute Gasteiger partial charge is 1.00 e. The van der Waals surface area contributed by atoms with Crippen LogP contribution < -0.4 is 34.9 Å². The van der Waals surface area contributed by atoms with Gasteiger partial charge in [0.15, 0.2) is 0 Å². The summed E-state index contributed by atoms with van der Waals surface area (Å²) in [5.41, 5.74) is 0.465. The van der Waals surface area contributed by atoms with Crippen molar-refractivity contribution in [2.45, 2.75) is 6.61 Å². The Kier molecular flexibility index (Phi) is 8.44. The van der Waals surface area contributed by atoms with Crippen molar-refractivity contribution >= 4 is 21.9 Å². The van der Waals surface area contributed by atoms with Gasteiger partial charge in [-0.2, -0.15) is 8.42 Å². The summed E-state index contributed by atoms with van der Waals surface area (Å²) in [6, 6.07) is 5.41. The number of non-ortho nitro benzene ring substituents is 1. The normalized spacial score (nSPS) is 10.3. The summed E-state index contributed by atoms with van der Waals surface area (Å²) in [4.78, 5) is 21.0. The third-order valence-electron chi connectivity index (χ3n) is 2.15. The van der Waals surface area contributed by atoms with Crippen molar-refractivity contribution < 1.29 is 58.4 Å². The van der Waals surface area contributed by atoms with Crippen LogP contribution in [0.5, 0.6) is 0 Å². The van der Waals surface area contributed by atoms with Crippen LogP contribution in [0.15, 0.2) is 24.3 Å². The zero-order valence-corrected chi connectivity index (χ0v) is 14.0. The molecule has 0 saturated carbocycles. The predicted molar refractivity (Wildman–Crippen MR) is 68.8 cm³/mol. The molecule has 9 nitrogen and oxygen atoms in total. The summed E-state index contributed by atoms with van der Waals surface area (Å²) in [6.45, 7) is -0.395. The molecule has 0 saturated heterocycles. The van der Waals surface area contributed by atoms with Crippen molar-refractivity contribution in [1.29, 1.82) is 0 Å². The zero-order valence-electron chi connectivity index (χ0n) is 12.2. The Bertz CT molecular complexity index is 594. The topological polar surface area (TPSA) is 136 Å². The maximum Gasteiger partial charge on any atom is 1.00 e. The third-order valence-corrected chi connectivity index (χ3v) is 2.87. The van der Waals surface area contributed by atoms with E-state index in [1.165, 1.54) is 24.3 Å². The molecule has 0 heterocycles. The molecule has 0 radical (unpaired) electrons. The Morgan fingerprint density at radius 3 is 2.43 bits per heavy atom. The molecule has 0 aliphatic carbocycles. The summed E-state index contributed by atoms with van der Waals surface area (Å²) in [7, 11) is -4.13. The van der Waals surface area contributed by atoms with Gasteiger partial charge in [-0.25, -0.2) is 4.79 Å². The van der Waals surface area contributed by atoms with Gasteiger partial charge in [-0.1, -0.05) is 0 Å². The van der Waals surface area contributed by atoms with E-state index in [2.05, 4.69) is 5.32 Å². The molecule has 0 atom stereocenters. The number of nitrogens with one attached hydrogen (secondary N) is 1. The number of nitro benzene ring substituents is 1. The van der Waals surface area contributed by atoms with Gasteiger partial charge in [0.05, 0.1) is 10.7 Å². The average molecular weight is 328 g/mol. The number of carbonyl (C=O) groups excluding carboxylic acids is 1. The minimum Gasteiger partial charge on any atom is -1.00 e. The van der Waals surface area contributed by atoms with Gasteiger partial charge in [0, 0.05) is 18.7 Å². The van der Waals surface area contributed by atoms with E-state index in [0.717, 1.165) is 0 Å². The number of alkyl carbamates (subject to hydrolysis) is 1. The molecule has 0 fully saturated rings. The molecule has 112 valence electrons. The van der Waals surface area contributed by atoms with Crippen LogP contribution in [0.3, 0.4) is 0 Å². The van der Waals surface area contributed by atoms with Crippen molar-refractivity contribution in [2.75, 3.05) is 12.3 Å². The molecule has 1 aromatic rings. The average Bonchev–Trinajstić information content (AvgIpc) is 2.35. The fourth-order valence-electron chi connectivity index (χ4n) is 1.20. The molecule has 1 aromatic carbocycles. The van der Waals surface area contributed by atoms with Gasteiger partial charge in [-0.15, -0.1) is 0 Å². The Labute approximate surface area is 144 Å². The first-order valence-corrected chi connectivity index (χ1v) is 6.98. The van der Waals surface area contributed by atoms with E-state index in [4.69, 9.17) is 9.29 Å². The fraction of sp³-hybridized carbons (Fsp3) is 0.300. The molecule has 0 unspecified atom stereocenters. The maximum absolute atomic E-state index is 11.2. The first-order valence-electron chi connectivity index (χ1n) is 5.37. The van der Waals surface area contributed by atoms with Gasteiger partial charge in [-0.3, -0.25) is 14.7 Å². The van der Waals surface area contributed by atoms with Crippen molar-refractivity contribution in [3.8, 4) is 0 Å². The number of hydrogen-bond acceptors (Lipinski definition) is 6. The maximum atomic E-state index is 11.2. The Morgan fingerprint density at radius 1 is 1.38 bits per heavy atom. The molecule has 0 aliphatic rings. The van der Waals surface area contributed by atoms with Gasteiger partial charge in [0.1, 0.15) is 6.61 Å². The van der Waals surface area contributed by atoms with Crippen LogP contribution >= 0.6 is 0 Å². The molecule has 21 heavy (non-hydrogen) atoms. The number of carbonyl (C=O) groups is 1. The molecule has 2 N–H and O–H groups in total. The van der Waals surface area contributed by atoms with Crippen LogP contribution in [-0.2, 0) is 21.5 Å². The second kappa shape index (κ2) is 8.95. The van der Waals surface area contributed by atoms with Crippen LogP contribution in [0.1, 0.15) is 6.99 Å². The van der Waals surface area contributed by atoms with Gasteiger partial charge < -0.3 is 11.5 Å². The number of nitro groups is 1. The molecule has 11 heteroatoms. The first-order chi connectivity index (χ1) is 9.28. The molecule has 0 spiro atoms. The second-order valence-corrected chi connectivity index (χ2v) is 5.28. The molecule has 1 rings (SSSR count). The van der Waals surface area contributed by atoms with Crippen LogP contribution in [0, 0.1) is 10.1 Å². The smallest absolute Gasteiger partial charge is 1.00 e. The van der Waals surface area contributed by atoms with E-state index >= 15 is 0 Å². The van der Waals surface area contributed by atoms with Gasteiger partial charge in [0.25, 0.3) is 15.8 Å². The summed E-state index contributed by atoms with van der Waals surface area (Å²) in [6.07, 6.45) is -0.855. The van der Waals surface area contributed by atoms with E-state index in [-0.39, 0.29) is 49.8 Å². The Hall–Kier alpha value is -1.20. The number of benzene rings is 1. The number of rotatable bonds is 6. The van der Waals surface area contributed by atoms with E-state index in [9.17, 15) is 23.3 Å². The van der Waals surface area contributed by atoms with Crippen LogP contribution in [0.25, 0.3) is 0 Å². The van der Waals surface area contributed by atoms with Crippen molar-refractivity contribution in [1.82, 2.24) is 5.32 Å². The monoisotopic (exact) mass is 328 g/mol. The standard InChI is InChI=1S/C10H12N2O7S.Na.H/c13-10(11-5-6-20(16,17)18)19-7-8-1-3-9(4-2-8)12(14)15;;/h1-4H,5-7H2,(H,11,13)(H,16,17,18);;/q;+1;-1. The molecular weight excluding hydrogens is 315 g/mol. The SMILES string of the molecule is O=C(NCCS(=O)(=O)O)OCc1ccc([N+](=O)[O-])cc1.[H-].[Na+]. The molecule has 0 aliphatic heterocycles. The summed E-state index contributed by atoms with van der Waals surface area (Å²) in [5.74, 6) is -0.611. The van der Waals surface area contributed by atoms with Gasteiger partial charge in [0.2, 0.25) is 0 Å². The molecule has 0 aromatic heterocycles. The quantitative estimate of drug-likeness (QED) is 0.262. The van der Waals surface area contributed by atoms with Gasteiger partial charge in [-0.05, 0) is 17.7 Å². The number of ether oxygens (including phenoxy) is 1. The van der Waals surface area contributed by atoms with Crippen molar-refractivity contribution in [2.24, 2.45) is 0 Å². The van der Waals surface area contributed by atoms with E-state index in [0.29, 0.717) is 5.56 Å². The zero-order chi connectivity index (χ0) is 15.2. The summed E-state index contributed by atoms with van der Waals surface area (Å²) < 4.78 is 34.0. The van der Waals surface area contributed by atoms with Crippen molar-refractivity contribution in [3.63, 3.8) is 0 Å². The van der Waals surface area contributed by atoms with E-state index in [1.807, 2.05) is 0 Å². The van der Waals surface area contributed by atoms with Gasteiger partial charge >= 0.3 is 35.7 Å². The Balaban J connectivity index is 0. The predicted octanol–water partition coefficient (Wildman–Crippen LogP) is -2.17. The minimum atomic E-state index is -4.13. The van der Waals surface area contributed by atoms with Crippen LogP contribution in [0.2, 0.25) is 0 Å².